The van der Waals surface area contributed by atoms with Crippen molar-refractivity contribution in [2.75, 3.05) is 0 Å². The maximum atomic E-state index is 10.5. The zero-order valence-electron chi connectivity index (χ0n) is 5.71. The molecule has 11 heavy (non-hydrogen) atoms. The molecule has 1 heterocycles. The Morgan fingerprint density at radius 1 is 1.73 bits per heavy atom. The number of halogens is 1. The van der Waals surface area contributed by atoms with Crippen molar-refractivity contribution in [2.45, 2.75) is 6.92 Å². The fourth-order valence-corrected chi connectivity index (χ4v) is 1.27. The predicted octanol–water partition coefficient (Wildman–Crippen LogP) is 1.25. The first-order valence-electron chi connectivity index (χ1n) is 2.84. The van der Waals surface area contributed by atoms with Crippen LogP contribution in [0.4, 0.5) is 0 Å². The topological polar surface area (TPSA) is 63.1 Å². The van der Waals surface area contributed by atoms with Crippen molar-refractivity contribution in [1.82, 2.24) is 10.2 Å². The average molecular weight is 217 g/mol. The third kappa shape index (κ3) is 1.54. The normalized spacial score (nSPS) is 9.64. The number of hydrogen-bond acceptors (Lipinski definition) is 3. The van der Waals surface area contributed by atoms with E-state index >= 15 is 0 Å². The van der Waals surface area contributed by atoms with Gasteiger partial charge >= 0.3 is 5.97 Å². The molecule has 0 bridgehead atoms. The van der Waals surface area contributed by atoms with Gasteiger partial charge in [-0.3, -0.25) is 0 Å². The number of aromatic nitrogens is 2. The molecule has 0 saturated carbocycles. The highest BCUT2D eigenvalue weighted by atomic mass is 79.9. The van der Waals surface area contributed by atoms with E-state index in [4.69, 9.17) is 5.11 Å². The largest absolute Gasteiger partial charge is 0.478 e. The quantitative estimate of drug-likeness (QED) is 0.768. The van der Waals surface area contributed by atoms with E-state index in [1.54, 1.807) is 6.92 Å². The van der Waals surface area contributed by atoms with Crippen LogP contribution in [0.25, 0.3) is 0 Å². The summed E-state index contributed by atoms with van der Waals surface area (Å²) in [7, 11) is 0. The van der Waals surface area contributed by atoms with Gasteiger partial charge in [0.15, 0.2) is 0 Å². The molecular formula is C6H5BrN2O2. The number of aromatic carboxylic acids is 1. The lowest BCUT2D eigenvalue weighted by molar-refractivity contribution is 0.0694. The fourth-order valence-electron chi connectivity index (χ4n) is 0.700. The maximum Gasteiger partial charge on any atom is 0.338 e. The highest BCUT2D eigenvalue weighted by molar-refractivity contribution is 9.10. The average Bonchev–Trinajstić information content (AvgIpc) is 1.85. The van der Waals surface area contributed by atoms with Crippen molar-refractivity contribution in [3.63, 3.8) is 0 Å². The summed E-state index contributed by atoms with van der Waals surface area (Å²) < 4.78 is 0.269. The maximum absolute atomic E-state index is 10.5. The molecule has 0 aromatic carbocycles. The van der Waals surface area contributed by atoms with Crippen molar-refractivity contribution < 1.29 is 9.90 Å². The molecule has 0 saturated heterocycles. The summed E-state index contributed by atoms with van der Waals surface area (Å²) in [6.07, 6.45) is 1.41. The van der Waals surface area contributed by atoms with E-state index < -0.39 is 5.97 Å². The van der Waals surface area contributed by atoms with Crippen molar-refractivity contribution in [1.29, 1.82) is 0 Å². The van der Waals surface area contributed by atoms with Crippen LogP contribution in [0.5, 0.6) is 0 Å². The lowest BCUT2D eigenvalue weighted by Gasteiger charge is -1.98. The van der Waals surface area contributed by atoms with Crippen LogP contribution in [0.2, 0.25) is 0 Å². The van der Waals surface area contributed by atoms with Gasteiger partial charge in [0.05, 0.1) is 11.8 Å². The molecule has 1 rings (SSSR count). The van der Waals surface area contributed by atoms with Gasteiger partial charge in [-0.05, 0) is 28.4 Å². The molecule has 0 fully saturated rings. The van der Waals surface area contributed by atoms with Gasteiger partial charge in [0, 0.05) is 0 Å². The Hall–Kier alpha value is -0.970. The molecule has 0 atom stereocenters. The molecule has 5 heteroatoms. The molecule has 0 aliphatic rings. The summed E-state index contributed by atoms with van der Waals surface area (Å²) in [6.45, 7) is 1.67. The Labute approximate surface area is 71.4 Å². The number of hydrogen-bond donors (Lipinski definition) is 1. The van der Waals surface area contributed by atoms with Gasteiger partial charge in [-0.1, -0.05) is 0 Å². The highest BCUT2D eigenvalue weighted by Crippen LogP contribution is 2.15. The second-order valence-corrected chi connectivity index (χ2v) is 2.75. The van der Waals surface area contributed by atoms with Gasteiger partial charge in [-0.25, -0.2) is 4.79 Å². The molecule has 4 nitrogen and oxygen atoms in total. The second-order valence-electron chi connectivity index (χ2n) is 2.00. The Balaban J connectivity index is 3.32. The minimum atomic E-state index is -0.996. The first-order chi connectivity index (χ1) is 5.13. The Morgan fingerprint density at radius 2 is 2.36 bits per heavy atom. The molecule has 0 aliphatic heterocycles. The molecule has 0 aliphatic carbocycles. The molecular weight excluding hydrogens is 212 g/mol. The van der Waals surface area contributed by atoms with E-state index in [1.807, 2.05) is 0 Å². The summed E-state index contributed by atoms with van der Waals surface area (Å²) in [4.78, 5) is 10.5. The lowest BCUT2D eigenvalue weighted by Crippen LogP contribution is -2.03. The first-order valence-corrected chi connectivity index (χ1v) is 3.63. The summed E-state index contributed by atoms with van der Waals surface area (Å²) in [5.41, 5.74) is 0.763. The zero-order valence-corrected chi connectivity index (χ0v) is 7.29. The zero-order chi connectivity index (χ0) is 8.43. The Kier molecular flexibility index (Phi) is 2.19. The first kappa shape index (κ1) is 8.13. The number of nitrogens with zero attached hydrogens (tertiary/aromatic N) is 2. The van der Waals surface area contributed by atoms with Crippen molar-refractivity contribution in [3.05, 3.63) is 21.9 Å². The van der Waals surface area contributed by atoms with Gasteiger partial charge < -0.3 is 5.11 Å². The van der Waals surface area contributed by atoms with Crippen molar-refractivity contribution in [3.8, 4) is 0 Å². The third-order valence-electron chi connectivity index (χ3n) is 1.21. The Bertz CT molecular complexity index is 280. The van der Waals surface area contributed by atoms with E-state index in [2.05, 4.69) is 26.1 Å². The number of carboxylic acids is 1. The van der Waals surface area contributed by atoms with E-state index in [1.165, 1.54) is 6.20 Å². The minimum absolute atomic E-state index is 0.167. The van der Waals surface area contributed by atoms with E-state index in [0.29, 0.717) is 5.56 Å². The van der Waals surface area contributed by atoms with Crippen molar-refractivity contribution >= 4 is 21.9 Å². The number of carboxylic acid groups (broad SMARTS) is 1. The molecule has 0 unspecified atom stereocenters. The van der Waals surface area contributed by atoms with Gasteiger partial charge in [0.1, 0.15) is 4.60 Å². The summed E-state index contributed by atoms with van der Waals surface area (Å²) in [5.74, 6) is -0.996. The standard InChI is InChI=1S/C6H5BrN2O2/c1-3-2-8-9-5(7)4(3)6(10)11/h2H,1H3,(H,10,11). The summed E-state index contributed by atoms with van der Waals surface area (Å²) >= 11 is 2.99. The molecule has 1 aromatic rings. The third-order valence-corrected chi connectivity index (χ3v) is 1.77. The van der Waals surface area contributed by atoms with Gasteiger partial charge in [0.2, 0.25) is 0 Å². The van der Waals surface area contributed by atoms with Crippen LogP contribution in [0.15, 0.2) is 10.8 Å². The van der Waals surface area contributed by atoms with Gasteiger partial charge in [-0.15, -0.1) is 5.10 Å². The number of rotatable bonds is 1. The SMILES string of the molecule is Cc1cnnc(Br)c1C(=O)O. The Morgan fingerprint density at radius 3 is 2.73 bits per heavy atom. The smallest absolute Gasteiger partial charge is 0.338 e. The van der Waals surface area contributed by atoms with E-state index in [0.717, 1.165) is 0 Å². The predicted molar refractivity (Wildman–Crippen MR) is 41.4 cm³/mol. The minimum Gasteiger partial charge on any atom is -0.478 e. The van der Waals surface area contributed by atoms with Crippen LogP contribution < -0.4 is 0 Å². The molecule has 0 spiro atoms. The van der Waals surface area contributed by atoms with Crippen LogP contribution >= 0.6 is 15.9 Å². The van der Waals surface area contributed by atoms with Crippen LogP contribution in [-0.4, -0.2) is 21.3 Å². The monoisotopic (exact) mass is 216 g/mol. The van der Waals surface area contributed by atoms with Crippen LogP contribution in [-0.2, 0) is 0 Å². The molecule has 1 N–H and O–H groups in total. The van der Waals surface area contributed by atoms with Crippen LogP contribution in [0, 0.1) is 6.92 Å². The molecule has 58 valence electrons. The molecule has 1 aromatic heterocycles. The fraction of sp³-hybridized carbons (Fsp3) is 0.167. The van der Waals surface area contributed by atoms with E-state index in [9.17, 15) is 4.79 Å². The van der Waals surface area contributed by atoms with Gasteiger partial charge in [-0.2, -0.15) is 5.10 Å². The second kappa shape index (κ2) is 2.96. The molecule has 0 radical (unpaired) electrons. The summed E-state index contributed by atoms with van der Waals surface area (Å²) in [5, 5.41) is 15.8. The van der Waals surface area contributed by atoms with Crippen LogP contribution in [0.1, 0.15) is 15.9 Å². The van der Waals surface area contributed by atoms with E-state index in [-0.39, 0.29) is 10.2 Å². The molecule has 0 amide bonds. The lowest BCUT2D eigenvalue weighted by atomic mass is 10.2. The highest BCUT2D eigenvalue weighted by Gasteiger charge is 2.12. The number of aryl methyl sites for hydroxylation is 1. The number of carbonyl (C=O) groups is 1. The van der Waals surface area contributed by atoms with Gasteiger partial charge in [0.25, 0.3) is 0 Å². The van der Waals surface area contributed by atoms with Crippen molar-refractivity contribution in [2.24, 2.45) is 0 Å². The van der Waals surface area contributed by atoms with Crippen LogP contribution in [0.3, 0.4) is 0 Å². The summed E-state index contributed by atoms with van der Waals surface area (Å²) in [6, 6.07) is 0.